The summed E-state index contributed by atoms with van der Waals surface area (Å²) in [6.45, 7) is 0.0818. The van der Waals surface area contributed by atoms with Gasteiger partial charge in [0.05, 0.1) is 16.5 Å². The fourth-order valence-corrected chi connectivity index (χ4v) is 2.07. The summed E-state index contributed by atoms with van der Waals surface area (Å²) >= 11 is 11.3. The molecule has 0 atom stereocenters. The Hall–Kier alpha value is -1.27. The fraction of sp³-hybridized carbons (Fsp3) is 0.273. The molecule has 1 aromatic heterocycles. The molecule has 1 aromatic carbocycles. The molecule has 0 saturated heterocycles. The SMILES string of the molecule is O=c1c2cc(C(F)(F)F)ccc2nc(Cl)n1CCCl. The van der Waals surface area contributed by atoms with Crippen LogP contribution in [-0.2, 0) is 12.7 Å². The third kappa shape index (κ3) is 2.69. The van der Waals surface area contributed by atoms with Crippen LogP contribution in [0.25, 0.3) is 10.9 Å². The molecule has 0 bridgehead atoms. The third-order valence-electron chi connectivity index (χ3n) is 2.54. The van der Waals surface area contributed by atoms with Gasteiger partial charge in [0.15, 0.2) is 0 Å². The second-order valence-corrected chi connectivity index (χ2v) is 4.47. The molecule has 1 heterocycles. The molecule has 0 fully saturated rings. The van der Waals surface area contributed by atoms with E-state index in [4.69, 9.17) is 23.2 Å². The zero-order valence-electron chi connectivity index (χ0n) is 9.34. The molecule has 0 aliphatic carbocycles. The summed E-state index contributed by atoms with van der Waals surface area (Å²) < 4.78 is 38.8. The Labute approximate surface area is 115 Å². The molecule has 0 unspecified atom stereocenters. The summed E-state index contributed by atoms with van der Waals surface area (Å²) in [5, 5.41) is -0.234. The average Bonchev–Trinajstić information content (AvgIpc) is 2.33. The molecule has 0 spiro atoms. The summed E-state index contributed by atoms with van der Waals surface area (Å²) in [5.41, 5.74) is -1.42. The summed E-state index contributed by atoms with van der Waals surface area (Å²) in [6.07, 6.45) is -4.52. The number of hydrogen-bond donors (Lipinski definition) is 0. The zero-order chi connectivity index (χ0) is 14.2. The van der Waals surface area contributed by atoms with Crippen molar-refractivity contribution in [2.45, 2.75) is 12.7 Å². The molecular formula is C11H7Cl2F3N2O. The summed E-state index contributed by atoms with van der Waals surface area (Å²) in [4.78, 5) is 15.9. The van der Waals surface area contributed by atoms with Gasteiger partial charge in [-0.25, -0.2) is 4.98 Å². The van der Waals surface area contributed by atoms with E-state index in [1.54, 1.807) is 0 Å². The third-order valence-corrected chi connectivity index (χ3v) is 3.00. The lowest BCUT2D eigenvalue weighted by Gasteiger charge is -2.10. The van der Waals surface area contributed by atoms with Gasteiger partial charge in [0.25, 0.3) is 5.56 Å². The topological polar surface area (TPSA) is 34.9 Å². The monoisotopic (exact) mass is 310 g/mol. The van der Waals surface area contributed by atoms with Crippen LogP contribution in [-0.4, -0.2) is 15.4 Å². The van der Waals surface area contributed by atoms with Gasteiger partial charge in [0.2, 0.25) is 5.28 Å². The molecule has 0 saturated carbocycles. The molecule has 102 valence electrons. The van der Waals surface area contributed by atoms with Gasteiger partial charge in [-0.3, -0.25) is 9.36 Å². The molecule has 3 nitrogen and oxygen atoms in total. The molecule has 0 N–H and O–H groups in total. The second-order valence-electron chi connectivity index (χ2n) is 3.76. The quantitative estimate of drug-likeness (QED) is 0.630. The van der Waals surface area contributed by atoms with E-state index in [0.29, 0.717) is 0 Å². The number of benzene rings is 1. The van der Waals surface area contributed by atoms with E-state index in [-0.39, 0.29) is 28.6 Å². The lowest BCUT2D eigenvalue weighted by Crippen LogP contribution is -2.23. The Bertz CT molecular complexity index is 682. The molecule has 2 rings (SSSR count). The van der Waals surface area contributed by atoms with E-state index in [2.05, 4.69) is 4.98 Å². The van der Waals surface area contributed by atoms with Gasteiger partial charge in [-0.2, -0.15) is 13.2 Å². The minimum atomic E-state index is -4.52. The Morgan fingerprint density at radius 3 is 2.58 bits per heavy atom. The van der Waals surface area contributed by atoms with Crippen molar-refractivity contribution in [1.29, 1.82) is 0 Å². The maximum Gasteiger partial charge on any atom is 0.416 e. The largest absolute Gasteiger partial charge is 0.416 e. The predicted octanol–water partition coefficient (Wildman–Crippen LogP) is 3.31. The predicted molar refractivity (Wildman–Crippen MR) is 66.7 cm³/mol. The fourth-order valence-electron chi connectivity index (χ4n) is 1.65. The first-order chi connectivity index (χ1) is 8.84. The van der Waals surface area contributed by atoms with Crippen LogP contribution in [0, 0.1) is 0 Å². The lowest BCUT2D eigenvalue weighted by molar-refractivity contribution is -0.137. The van der Waals surface area contributed by atoms with Gasteiger partial charge < -0.3 is 0 Å². The maximum atomic E-state index is 12.6. The van der Waals surface area contributed by atoms with Crippen molar-refractivity contribution in [3.05, 3.63) is 39.4 Å². The van der Waals surface area contributed by atoms with Crippen LogP contribution in [0.5, 0.6) is 0 Å². The minimum absolute atomic E-state index is 0.0818. The molecular weight excluding hydrogens is 304 g/mol. The van der Waals surface area contributed by atoms with Crippen LogP contribution in [0.2, 0.25) is 5.28 Å². The first-order valence-corrected chi connectivity index (χ1v) is 6.09. The van der Waals surface area contributed by atoms with Crippen molar-refractivity contribution in [3.8, 4) is 0 Å². The number of hydrogen-bond acceptors (Lipinski definition) is 2. The van der Waals surface area contributed by atoms with Crippen molar-refractivity contribution in [3.63, 3.8) is 0 Å². The van der Waals surface area contributed by atoms with Gasteiger partial charge >= 0.3 is 6.18 Å². The van der Waals surface area contributed by atoms with Crippen LogP contribution in [0.3, 0.4) is 0 Å². The van der Waals surface area contributed by atoms with Crippen molar-refractivity contribution in [2.75, 3.05) is 5.88 Å². The minimum Gasteiger partial charge on any atom is -0.282 e. The number of nitrogens with zero attached hydrogens (tertiary/aromatic N) is 2. The number of alkyl halides is 4. The molecule has 8 heteroatoms. The number of halogens is 5. The van der Waals surface area contributed by atoms with Crippen LogP contribution in [0.1, 0.15) is 5.56 Å². The van der Waals surface area contributed by atoms with Gasteiger partial charge in [-0.05, 0) is 29.8 Å². The summed E-state index contributed by atoms with van der Waals surface area (Å²) in [5.74, 6) is 0.103. The van der Waals surface area contributed by atoms with Crippen molar-refractivity contribution < 1.29 is 13.2 Å². The van der Waals surface area contributed by atoms with Crippen molar-refractivity contribution in [1.82, 2.24) is 9.55 Å². The summed E-state index contributed by atoms with van der Waals surface area (Å²) in [6, 6.07) is 2.75. The van der Waals surface area contributed by atoms with E-state index in [9.17, 15) is 18.0 Å². The zero-order valence-corrected chi connectivity index (χ0v) is 10.9. The highest BCUT2D eigenvalue weighted by Crippen LogP contribution is 2.30. The highest BCUT2D eigenvalue weighted by molar-refractivity contribution is 6.28. The Kier molecular flexibility index (Phi) is 3.73. The van der Waals surface area contributed by atoms with E-state index >= 15 is 0 Å². The van der Waals surface area contributed by atoms with E-state index in [1.807, 2.05) is 0 Å². The second kappa shape index (κ2) is 5.02. The molecule has 2 aromatic rings. The molecule has 0 radical (unpaired) electrons. The van der Waals surface area contributed by atoms with Gasteiger partial charge in [-0.15, -0.1) is 11.6 Å². The first kappa shape index (κ1) is 14.1. The van der Waals surface area contributed by atoms with Gasteiger partial charge in [0, 0.05) is 12.4 Å². The van der Waals surface area contributed by atoms with Gasteiger partial charge in [0.1, 0.15) is 0 Å². The average molecular weight is 311 g/mol. The molecule has 0 aliphatic heterocycles. The van der Waals surface area contributed by atoms with Gasteiger partial charge in [-0.1, -0.05) is 0 Å². The Morgan fingerprint density at radius 1 is 1.32 bits per heavy atom. The summed E-state index contributed by atoms with van der Waals surface area (Å²) in [7, 11) is 0. The molecule has 19 heavy (non-hydrogen) atoms. The highest BCUT2D eigenvalue weighted by Gasteiger charge is 2.31. The number of fused-ring (bicyclic) bond motifs is 1. The first-order valence-electron chi connectivity index (χ1n) is 5.18. The van der Waals surface area contributed by atoms with Crippen LogP contribution >= 0.6 is 23.2 Å². The number of aromatic nitrogens is 2. The van der Waals surface area contributed by atoms with Crippen LogP contribution in [0.4, 0.5) is 13.2 Å². The van der Waals surface area contributed by atoms with Crippen LogP contribution < -0.4 is 5.56 Å². The number of rotatable bonds is 2. The standard InChI is InChI=1S/C11H7Cl2F3N2O/c12-3-4-18-9(19)7-5-6(11(14,15)16)1-2-8(7)17-10(18)13/h1-2,5H,3-4H2. The van der Waals surface area contributed by atoms with E-state index in [0.717, 1.165) is 22.8 Å². The van der Waals surface area contributed by atoms with E-state index in [1.165, 1.54) is 0 Å². The Morgan fingerprint density at radius 2 is 2.00 bits per heavy atom. The Balaban J connectivity index is 2.74. The maximum absolute atomic E-state index is 12.6. The van der Waals surface area contributed by atoms with Crippen molar-refractivity contribution >= 4 is 34.1 Å². The lowest BCUT2D eigenvalue weighted by atomic mass is 10.1. The smallest absolute Gasteiger partial charge is 0.282 e. The van der Waals surface area contributed by atoms with Crippen LogP contribution in [0.15, 0.2) is 23.0 Å². The normalized spacial score (nSPS) is 12.1. The molecule has 0 aliphatic rings. The highest BCUT2D eigenvalue weighted by atomic mass is 35.5. The van der Waals surface area contributed by atoms with E-state index < -0.39 is 17.3 Å². The van der Waals surface area contributed by atoms with Crippen molar-refractivity contribution in [2.24, 2.45) is 0 Å². The molecule has 0 amide bonds.